The lowest BCUT2D eigenvalue weighted by Crippen LogP contribution is -2.42. The van der Waals surface area contributed by atoms with Crippen LogP contribution in [0.1, 0.15) is 44.6 Å². The van der Waals surface area contributed by atoms with Gasteiger partial charge in [0.25, 0.3) is 0 Å². The van der Waals surface area contributed by atoms with Crippen molar-refractivity contribution in [2.45, 2.75) is 51.5 Å². The first-order valence-corrected chi connectivity index (χ1v) is 10.6. The SMILES string of the molecule is CCOc1cc(CCCNC(=NC)NCCN(C)C2CCCC2)ccc1OC. The van der Waals surface area contributed by atoms with Gasteiger partial charge in [-0.25, -0.2) is 0 Å². The van der Waals surface area contributed by atoms with E-state index in [0.717, 1.165) is 56.0 Å². The van der Waals surface area contributed by atoms with Crippen molar-refractivity contribution in [1.29, 1.82) is 0 Å². The molecule has 158 valence electrons. The minimum Gasteiger partial charge on any atom is -0.493 e. The lowest BCUT2D eigenvalue weighted by atomic mass is 10.1. The first kappa shape index (κ1) is 22.3. The van der Waals surface area contributed by atoms with Gasteiger partial charge in [-0.2, -0.15) is 0 Å². The summed E-state index contributed by atoms with van der Waals surface area (Å²) in [5.41, 5.74) is 1.26. The molecule has 0 bridgehead atoms. The number of guanidine groups is 1. The Bertz CT molecular complexity index is 600. The summed E-state index contributed by atoms with van der Waals surface area (Å²) >= 11 is 0. The van der Waals surface area contributed by atoms with Crippen molar-refractivity contribution in [3.05, 3.63) is 23.8 Å². The third-order valence-corrected chi connectivity index (χ3v) is 5.39. The highest BCUT2D eigenvalue weighted by Gasteiger charge is 2.18. The third-order valence-electron chi connectivity index (χ3n) is 5.39. The van der Waals surface area contributed by atoms with E-state index in [-0.39, 0.29) is 0 Å². The Labute approximate surface area is 170 Å². The van der Waals surface area contributed by atoms with Crippen LogP contribution in [0.25, 0.3) is 0 Å². The molecule has 0 radical (unpaired) electrons. The molecule has 2 N–H and O–H groups in total. The van der Waals surface area contributed by atoms with Crippen LogP contribution in [-0.4, -0.2) is 64.3 Å². The fraction of sp³-hybridized carbons (Fsp3) is 0.682. The number of likely N-dealkylation sites (N-methyl/N-ethyl adjacent to an activating group) is 1. The highest BCUT2D eigenvalue weighted by Crippen LogP contribution is 2.28. The average Bonchev–Trinajstić information content (AvgIpc) is 3.25. The molecule has 0 saturated heterocycles. The molecule has 0 aromatic heterocycles. The van der Waals surface area contributed by atoms with E-state index >= 15 is 0 Å². The molecular formula is C22H38N4O2. The summed E-state index contributed by atoms with van der Waals surface area (Å²) < 4.78 is 11.0. The lowest BCUT2D eigenvalue weighted by molar-refractivity contribution is 0.249. The second kappa shape index (κ2) is 12.5. The molecule has 6 nitrogen and oxygen atoms in total. The van der Waals surface area contributed by atoms with Crippen molar-refractivity contribution in [2.75, 3.05) is 47.4 Å². The van der Waals surface area contributed by atoms with E-state index in [1.165, 1.54) is 31.2 Å². The van der Waals surface area contributed by atoms with Gasteiger partial charge in [0.15, 0.2) is 17.5 Å². The molecular weight excluding hydrogens is 352 g/mol. The average molecular weight is 391 g/mol. The van der Waals surface area contributed by atoms with E-state index in [2.05, 4.69) is 39.7 Å². The van der Waals surface area contributed by atoms with E-state index in [1.54, 1.807) is 7.11 Å². The maximum atomic E-state index is 5.66. The van der Waals surface area contributed by atoms with E-state index in [0.29, 0.717) is 6.61 Å². The minimum absolute atomic E-state index is 0.638. The molecule has 0 unspecified atom stereocenters. The predicted octanol–water partition coefficient (Wildman–Crippen LogP) is 3.07. The summed E-state index contributed by atoms with van der Waals surface area (Å²) in [4.78, 5) is 6.81. The molecule has 0 aliphatic heterocycles. The molecule has 1 aliphatic rings. The zero-order valence-electron chi connectivity index (χ0n) is 18.1. The first-order chi connectivity index (χ1) is 13.7. The van der Waals surface area contributed by atoms with Gasteiger partial charge in [-0.3, -0.25) is 4.99 Å². The van der Waals surface area contributed by atoms with Crippen LogP contribution in [0.4, 0.5) is 0 Å². The molecule has 1 aromatic carbocycles. The zero-order valence-corrected chi connectivity index (χ0v) is 18.1. The molecule has 1 aromatic rings. The van der Waals surface area contributed by atoms with Crippen LogP contribution in [0.3, 0.4) is 0 Å². The van der Waals surface area contributed by atoms with Crippen molar-refractivity contribution < 1.29 is 9.47 Å². The molecule has 0 amide bonds. The Morgan fingerprint density at radius 1 is 1.18 bits per heavy atom. The number of benzene rings is 1. The number of aryl methyl sites for hydroxylation is 1. The fourth-order valence-electron chi connectivity index (χ4n) is 3.74. The highest BCUT2D eigenvalue weighted by molar-refractivity contribution is 5.79. The largest absolute Gasteiger partial charge is 0.493 e. The van der Waals surface area contributed by atoms with Crippen LogP contribution in [-0.2, 0) is 6.42 Å². The molecule has 0 atom stereocenters. The predicted molar refractivity (Wildman–Crippen MR) is 117 cm³/mol. The number of hydrogen-bond donors (Lipinski definition) is 2. The monoisotopic (exact) mass is 390 g/mol. The van der Waals surface area contributed by atoms with Gasteiger partial charge < -0.3 is 25.0 Å². The van der Waals surface area contributed by atoms with Gasteiger partial charge in [-0.15, -0.1) is 0 Å². The summed E-state index contributed by atoms with van der Waals surface area (Å²) in [6.07, 6.45) is 7.47. The van der Waals surface area contributed by atoms with Gasteiger partial charge in [-0.05, 0) is 57.4 Å². The molecule has 2 rings (SSSR count). The Morgan fingerprint density at radius 2 is 1.93 bits per heavy atom. The number of methoxy groups -OCH3 is 1. The number of nitrogens with zero attached hydrogens (tertiary/aromatic N) is 2. The van der Waals surface area contributed by atoms with Crippen LogP contribution in [0.15, 0.2) is 23.2 Å². The Morgan fingerprint density at radius 3 is 2.61 bits per heavy atom. The molecule has 0 spiro atoms. The normalized spacial score (nSPS) is 15.1. The Kier molecular flexibility index (Phi) is 9.97. The van der Waals surface area contributed by atoms with Gasteiger partial charge in [0.2, 0.25) is 0 Å². The number of aliphatic imine (C=N–C) groups is 1. The topological polar surface area (TPSA) is 58.1 Å². The standard InChI is InChI=1S/C22H38N4O2/c1-5-28-21-17-18(12-13-20(21)27-4)9-8-14-24-22(23-2)25-15-16-26(3)19-10-6-7-11-19/h12-13,17,19H,5-11,14-16H2,1-4H3,(H2,23,24,25). The smallest absolute Gasteiger partial charge is 0.191 e. The molecule has 0 heterocycles. The second-order valence-corrected chi connectivity index (χ2v) is 7.37. The van der Waals surface area contributed by atoms with Crippen LogP contribution in [0.2, 0.25) is 0 Å². The van der Waals surface area contributed by atoms with Crippen LogP contribution in [0, 0.1) is 0 Å². The van der Waals surface area contributed by atoms with E-state index in [4.69, 9.17) is 9.47 Å². The second-order valence-electron chi connectivity index (χ2n) is 7.37. The van der Waals surface area contributed by atoms with Gasteiger partial charge in [0, 0.05) is 32.7 Å². The molecule has 1 aliphatic carbocycles. The Hall–Kier alpha value is -1.95. The van der Waals surface area contributed by atoms with Crippen LogP contribution >= 0.6 is 0 Å². The van der Waals surface area contributed by atoms with E-state index in [1.807, 2.05) is 20.0 Å². The van der Waals surface area contributed by atoms with E-state index < -0.39 is 0 Å². The van der Waals surface area contributed by atoms with Crippen LogP contribution in [0.5, 0.6) is 11.5 Å². The number of nitrogens with one attached hydrogen (secondary N) is 2. The van der Waals surface area contributed by atoms with Gasteiger partial charge in [0.1, 0.15) is 0 Å². The first-order valence-electron chi connectivity index (χ1n) is 10.6. The summed E-state index contributed by atoms with van der Waals surface area (Å²) in [6, 6.07) is 6.93. The number of hydrogen-bond acceptors (Lipinski definition) is 4. The molecule has 6 heteroatoms. The maximum absolute atomic E-state index is 5.66. The maximum Gasteiger partial charge on any atom is 0.191 e. The summed E-state index contributed by atoms with van der Waals surface area (Å²) in [5, 5.41) is 6.83. The summed E-state index contributed by atoms with van der Waals surface area (Å²) in [6.45, 7) is 5.48. The van der Waals surface area contributed by atoms with Gasteiger partial charge in [-0.1, -0.05) is 18.9 Å². The molecule has 1 saturated carbocycles. The molecule has 1 fully saturated rings. The van der Waals surface area contributed by atoms with Gasteiger partial charge in [0.05, 0.1) is 13.7 Å². The van der Waals surface area contributed by atoms with Crippen molar-refractivity contribution >= 4 is 5.96 Å². The van der Waals surface area contributed by atoms with Crippen molar-refractivity contribution in [3.8, 4) is 11.5 Å². The summed E-state index contributed by atoms with van der Waals surface area (Å²) in [5.74, 6) is 2.49. The minimum atomic E-state index is 0.638. The highest BCUT2D eigenvalue weighted by atomic mass is 16.5. The number of ether oxygens (including phenoxy) is 2. The molecule has 28 heavy (non-hydrogen) atoms. The quantitative estimate of drug-likeness (QED) is 0.345. The van der Waals surface area contributed by atoms with Gasteiger partial charge >= 0.3 is 0 Å². The number of rotatable bonds is 11. The van der Waals surface area contributed by atoms with Crippen LogP contribution < -0.4 is 20.1 Å². The summed E-state index contributed by atoms with van der Waals surface area (Å²) in [7, 11) is 5.73. The third kappa shape index (κ3) is 7.23. The van der Waals surface area contributed by atoms with Crippen molar-refractivity contribution in [2.24, 2.45) is 4.99 Å². The van der Waals surface area contributed by atoms with E-state index in [9.17, 15) is 0 Å². The fourth-order valence-corrected chi connectivity index (χ4v) is 3.74. The van der Waals surface area contributed by atoms with Crippen molar-refractivity contribution in [3.63, 3.8) is 0 Å². The van der Waals surface area contributed by atoms with Crippen molar-refractivity contribution in [1.82, 2.24) is 15.5 Å². The zero-order chi connectivity index (χ0) is 20.2. The lowest BCUT2D eigenvalue weighted by Gasteiger charge is -2.24. The Balaban J connectivity index is 1.66.